The summed E-state index contributed by atoms with van der Waals surface area (Å²) in [5.74, 6) is 0.238. The fourth-order valence-corrected chi connectivity index (χ4v) is 3.36. The van der Waals surface area contributed by atoms with Crippen LogP contribution in [0.3, 0.4) is 0 Å². The normalized spacial score (nSPS) is 17.1. The Morgan fingerprint density at radius 3 is 2.38 bits per heavy atom. The molecule has 0 unspecified atom stereocenters. The summed E-state index contributed by atoms with van der Waals surface area (Å²) >= 11 is 0. The molecule has 1 fully saturated rings. The molecule has 124 valence electrons. The minimum absolute atomic E-state index is 0.0325. The number of anilines is 1. The zero-order valence-electron chi connectivity index (χ0n) is 13.4. The predicted molar refractivity (Wildman–Crippen MR) is 89.1 cm³/mol. The summed E-state index contributed by atoms with van der Waals surface area (Å²) in [5, 5.41) is 0. The number of carbonyl (C=O) groups is 2. The second-order valence-electron chi connectivity index (χ2n) is 6.07. The number of nitrogens with zero attached hydrogens (tertiary/aromatic N) is 3. The van der Waals surface area contributed by atoms with Crippen LogP contribution in [-0.2, 0) is 6.42 Å². The first kappa shape index (κ1) is 14.8. The van der Waals surface area contributed by atoms with Crippen molar-refractivity contribution in [3.8, 4) is 0 Å². The van der Waals surface area contributed by atoms with Crippen molar-refractivity contribution < 1.29 is 14.0 Å². The molecule has 0 atom stereocenters. The molecule has 2 aromatic rings. The molecule has 1 saturated heterocycles. The van der Waals surface area contributed by atoms with Gasteiger partial charge < -0.3 is 14.2 Å². The van der Waals surface area contributed by atoms with Gasteiger partial charge in [0.15, 0.2) is 5.76 Å². The number of amides is 3. The first-order valence-electron chi connectivity index (χ1n) is 8.21. The SMILES string of the molecule is O=C(c1ccco1)N1CCN(C(=O)N2CCc3ccccc32)CC1. The number of hydrogen-bond acceptors (Lipinski definition) is 3. The average Bonchev–Trinajstić information content (AvgIpc) is 3.30. The summed E-state index contributed by atoms with van der Waals surface area (Å²) in [4.78, 5) is 30.5. The van der Waals surface area contributed by atoms with Crippen LogP contribution < -0.4 is 4.90 Å². The van der Waals surface area contributed by atoms with Gasteiger partial charge in [0.05, 0.1) is 6.26 Å². The van der Waals surface area contributed by atoms with E-state index in [4.69, 9.17) is 4.42 Å². The quantitative estimate of drug-likeness (QED) is 0.808. The van der Waals surface area contributed by atoms with E-state index in [0.717, 1.165) is 18.7 Å². The fourth-order valence-electron chi connectivity index (χ4n) is 3.36. The molecule has 3 heterocycles. The molecule has 0 spiro atoms. The summed E-state index contributed by atoms with van der Waals surface area (Å²) in [6, 6.07) is 11.4. The van der Waals surface area contributed by atoms with E-state index in [1.165, 1.54) is 11.8 Å². The zero-order chi connectivity index (χ0) is 16.5. The molecule has 3 amide bonds. The third kappa shape index (κ3) is 2.54. The Kier molecular flexibility index (Phi) is 3.72. The third-order valence-electron chi connectivity index (χ3n) is 4.69. The molecular weight excluding hydrogens is 306 g/mol. The topological polar surface area (TPSA) is 57.0 Å². The first-order valence-corrected chi connectivity index (χ1v) is 8.21. The largest absolute Gasteiger partial charge is 0.459 e. The maximum absolute atomic E-state index is 12.8. The monoisotopic (exact) mass is 325 g/mol. The molecule has 1 aromatic heterocycles. The van der Waals surface area contributed by atoms with Crippen LogP contribution in [0.15, 0.2) is 47.1 Å². The van der Waals surface area contributed by atoms with Crippen molar-refractivity contribution in [2.75, 3.05) is 37.6 Å². The minimum Gasteiger partial charge on any atom is -0.459 e. The van der Waals surface area contributed by atoms with Gasteiger partial charge in [0.2, 0.25) is 0 Å². The standard InChI is InChI=1S/C18H19N3O3/c22-17(16-6-3-13-24-16)19-9-11-20(12-10-19)18(23)21-8-7-14-4-1-2-5-15(14)21/h1-6,13H,7-12H2. The molecule has 4 rings (SSSR count). The lowest BCUT2D eigenvalue weighted by molar-refractivity contribution is 0.0638. The van der Waals surface area contributed by atoms with Crippen LogP contribution in [0.2, 0.25) is 0 Å². The summed E-state index contributed by atoms with van der Waals surface area (Å²) in [6.45, 7) is 2.87. The Balaban J connectivity index is 1.40. The number of rotatable bonds is 1. The van der Waals surface area contributed by atoms with Gasteiger partial charge >= 0.3 is 6.03 Å². The average molecular weight is 325 g/mol. The highest BCUT2D eigenvalue weighted by Crippen LogP contribution is 2.28. The molecule has 0 saturated carbocycles. The Labute approximate surface area is 140 Å². The highest BCUT2D eigenvalue weighted by molar-refractivity contribution is 5.95. The van der Waals surface area contributed by atoms with Gasteiger partial charge in [-0.1, -0.05) is 18.2 Å². The lowest BCUT2D eigenvalue weighted by atomic mass is 10.2. The second kappa shape index (κ2) is 6.03. The number of urea groups is 1. The van der Waals surface area contributed by atoms with Gasteiger partial charge in [0.1, 0.15) is 0 Å². The van der Waals surface area contributed by atoms with Crippen molar-refractivity contribution in [3.63, 3.8) is 0 Å². The number of piperazine rings is 1. The lowest BCUT2D eigenvalue weighted by Gasteiger charge is -2.36. The number of fused-ring (bicyclic) bond motifs is 1. The van der Waals surface area contributed by atoms with Crippen molar-refractivity contribution in [1.82, 2.24) is 9.80 Å². The molecule has 0 radical (unpaired) electrons. The van der Waals surface area contributed by atoms with Crippen LogP contribution in [0, 0.1) is 0 Å². The summed E-state index contributed by atoms with van der Waals surface area (Å²) in [7, 11) is 0. The highest BCUT2D eigenvalue weighted by Gasteiger charge is 2.31. The van der Waals surface area contributed by atoms with Crippen molar-refractivity contribution in [2.24, 2.45) is 0 Å². The Morgan fingerprint density at radius 1 is 0.875 bits per heavy atom. The van der Waals surface area contributed by atoms with E-state index >= 15 is 0 Å². The molecule has 6 nitrogen and oxygen atoms in total. The molecule has 2 aliphatic rings. The van der Waals surface area contributed by atoms with Crippen LogP contribution in [0.1, 0.15) is 16.1 Å². The van der Waals surface area contributed by atoms with E-state index < -0.39 is 0 Å². The molecule has 24 heavy (non-hydrogen) atoms. The van der Waals surface area contributed by atoms with Crippen molar-refractivity contribution in [1.29, 1.82) is 0 Å². The van der Waals surface area contributed by atoms with E-state index in [0.29, 0.717) is 31.9 Å². The van der Waals surface area contributed by atoms with Gasteiger partial charge in [0.25, 0.3) is 5.91 Å². The zero-order valence-corrected chi connectivity index (χ0v) is 13.4. The minimum atomic E-state index is -0.112. The number of para-hydroxylation sites is 1. The van der Waals surface area contributed by atoms with E-state index in [-0.39, 0.29) is 11.9 Å². The molecule has 1 aromatic carbocycles. The maximum atomic E-state index is 12.8. The van der Waals surface area contributed by atoms with Crippen LogP contribution in [0.5, 0.6) is 0 Å². The van der Waals surface area contributed by atoms with Gasteiger partial charge in [-0.15, -0.1) is 0 Å². The molecule has 0 bridgehead atoms. The van der Waals surface area contributed by atoms with Gasteiger partial charge in [-0.3, -0.25) is 9.69 Å². The predicted octanol–water partition coefficient (Wildman–Crippen LogP) is 2.22. The lowest BCUT2D eigenvalue weighted by Crippen LogP contribution is -2.54. The van der Waals surface area contributed by atoms with E-state index in [2.05, 4.69) is 6.07 Å². The van der Waals surface area contributed by atoms with Crippen molar-refractivity contribution in [3.05, 3.63) is 54.0 Å². The van der Waals surface area contributed by atoms with Crippen molar-refractivity contribution >= 4 is 17.6 Å². The molecule has 6 heteroatoms. The third-order valence-corrected chi connectivity index (χ3v) is 4.69. The van der Waals surface area contributed by atoms with Gasteiger partial charge in [-0.25, -0.2) is 4.79 Å². The first-order chi connectivity index (χ1) is 11.7. The molecule has 0 N–H and O–H groups in total. The molecule has 2 aliphatic heterocycles. The second-order valence-corrected chi connectivity index (χ2v) is 6.07. The molecule has 0 aliphatic carbocycles. The van der Waals surface area contributed by atoms with Crippen LogP contribution in [0.4, 0.5) is 10.5 Å². The molecular formula is C18H19N3O3. The number of benzene rings is 1. The summed E-state index contributed by atoms with van der Waals surface area (Å²) in [5.41, 5.74) is 2.23. The number of hydrogen-bond donors (Lipinski definition) is 0. The summed E-state index contributed by atoms with van der Waals surface area (Å²) < 4.78 is 5.16. The van der Waals surface area contributed by atoms with Crippen molar-refractivity contribution in [2.45, 2.75) is 6.42 Å². The summed E-state index contributed by atoms with van der Waals surface area (Å²) in [6.07, 6.45) is 2.40. The van der Waals surface area contributed by atoms with E-state index in [9.17, 15) is 9.59 Å². The maximum Gasteiger partial charge on any atom is 0.324 e. The highest BCUT2D eigenvalue weighted by atomic mass is 16.3. The Bertz CT molecular complexity index is 749. The Hall–Kier alpha value is -2.76. The van der Waals surface area contributed by atoms with Crippen LogP contribution in [-0.4, -0.2) is 54.5 Å². The van der Waals surface area contributed by atoms with E-state index in [1.54, 1.807) is 17.0 Å². The van der Waals surface area contributed by atoms with Crippen LogP contribution in [0.25, 0.3) is 0 Å². The Morgan fingerprint density at radius 2 is 1.62 bits per heavy atom. The van der Waals surface area contributed by atoms with Gasteiger partial charge in [0, 0.05) is 38.4 Å². The smallest absolute Gasteiger partial charge is 0.324 e. The number of furan rings is 1. The van der Waals surface area contributed by atoms with Crippen LogP contribution >= 0.6 is 0 Å². The van der Waals surface area contributed by atoms with E-state index in [1.807, 2.05) is 28.0 Å². The number of carbonyl (C=O) groups excluding carboxylic acids is 2. The van der Waals surface area contributed by atoms with Gasteiger partial charge in [-0.2, -0.15) is 0 Å². The fraction of sp³-hybridized carbons (Fsp3) is 0.333. The van der Waals surface area contributed by atoms with Gasteiger partial charge in [-0.05, 0) is 30.2 Å².